The molecule has 2 aromatic heterocycles. The summed E-state index contributed by atoms with van der Waals surface area (Å²) in [7, 11) is 0. The number of halogens is 6. The van der Waals surface area contributed by atoms with Gasteiger partial charge in [0, 0.05) is 12.4 Å². The first-order valence-corrected chi connectivity index (χ1v) is 11.2. The molecular formula is C18H12F6N4O5S2. The number of carbonyl (C=O) groups excluding carboxylic acids is 3. The van der Waals surface area contributed by atoms with Crippen LogP contribution in [0.15, 0.2) is 34.8 Å². The zero-order valence-electron chi connectivity index (χ0n) is 17.2. The van der Waals surface area contributed by atoms with Crippen LogP contribution in [0.2, 0.25) is 0 Å². The van der Waals surface area contributed by atoms with Crippen molar-refractivity contribution in [3.05, 3.63) is 35.9 Å². The van der Waals surface area contributed by atoms with Crippen molar-refractivity contribution in [2.24, 2.45) is 0 Å². The van der Waals surface area contributed by atoms with Crippen LogP contribution < -0.4 is 0 Å². The topological polar surface area (TPSA) is 121 Å². The van der Waals surface area contributed by atoms with Gasteiger partial charge in [-0.25, -0.2) is 29.5 Å². The fourth-order valence-corrected chi connectivity index (χ4v) is 4.90. The summed E-state index contributed by atoms with van der Waals surface area (Å²) in [6.45, 7) is 1.15. The Morgan fingerprint density at radius 1 is 1.03 bits per heavy atom. The maximum absolute atomic E-state index is 13.0. The number of rotatable bonds is 7. The number of hydrogen-bond acceptors (Lipinski definition) is 11. The number of esters is 2. The molecule has 3 rings (SSSR count). The van der Waals surface area contributed by atoms with Gasteiger partial charge in [0.05, 0.1) is 12.4 Å². The quantitative estimate of drug-likeness (QED) is 0.169. The molecule has 1 fully saturated rings. The Kier molecular flexibility index (Phi) is 7.59. The number of aromatic nitrogens is 4. The third kappa shape index (κ3) is 5.83. The molecule has 1 aliphatic heterocycles. The van der Waals surface area contributed by atoms with Gasteiger partial charge in [-0.3, -0.25) is 4.79 Å². The first kappa shape index (κ1) is 26.7. The van der Waals surface area contributed by atoms with E-state index in [2.05, 4.69) is 19.9 Å². The highest BCUT2D eigenvalue weighted by molar-refractivity contribution is 8.01. The normalized spacial score (nSPS) is 20.6. The average molecular weight is 542 g/mol. The molecule has 3 heterocycles. The van der Waals surface area contributed by atoms with Crippen molar-refractivity contribution in [1.82, 2.24) is 19.9 Å². The van der Waals surface area contributed by atoms with E-state index in [9.17, 15) is 40.7 Å². The molecule has 1 saturated heterocycles. The van der Waals surface area contributed by atoms with Gasteiger partial charge in [0.15, 0.2) is 10.3 Å². The number of Topliss-reactive ketones (excluding diaryl/α,β-unsaturated/α-hetero) is 1. The van der Waals surface area contributed by atoms with Gasteiger partial charge < -0.3 is 9.47 Å². The Labute approximate surface area is 200 Å². The fraction of sp³-hybridized carbons (Fsp3) is 0.389. The zero-order valence-corrected chi connectivity index (χ0v) is 18.8. The molecule has 9 nitrogen and oxygen atoms in total. The molecule has 0 N–H and O–H groups in total. The van der Waals surface area contributed by atoms with Crippen LogP contribution in [-0.2, 0) is 36.2 Å². The van der Waals surface area contributed by atoms with Crippen LogP contribution in [0.4, 0.5) is 26.3 Å². The molecular weight excluding hydrogens is 530 g/mol. The van der Waals surface area contributed by atoms with Crippen molar-refractivity contribution < 1.29 is 50.2 Å². The van der Waals surface area contributed by atoms with Crippen molar-refractivity contribution in [3.8, 4) is 0 Å². The highest BCUT2D eigenvalue weighted by Crippen LogP contribution is 2.42. The van der Waals surface area contributed by atoms with Gasteiger partial charge in [-0.15, -0.1) is 0 Å². The molecule has 0 bridgehead atoms. The summed E-state index contributed by atoms with van der Waals surface area (Å²) in [4.78, 5) is 51.4. The maximum atomic E-state index is 13.0. The molecule has 17 heteroatoms. The number of hydrogen-bond donors (Lipinski definition) is 0. The summed E-state index contributed by atoms with van der Waals surface area (Å²) in [5, 5.41) is -2.89. The molecule has 0 amide bonds. The molecule has 2 atom stereocenters. The first-order valence-electron chi connectivity index (χ1n) is 9.32. The smallest absolute Gasteiger partial charge is 0.433 e. The summed E-state index contributed by atoms with van der Waals surface area (Å²) in [5.41, 5.74) is -5.07. The van der Waals surface area contributed by atoms with E-state index in [0.29, 0.717) is 23.9 Å². The number of cyclic esters (lactones) is 1. The molecule has 1 aliphatic rings. The van der Waals surface area contributed by atoms with Gasteiger partial charge in [0.1, 0.15) is 16.6 Å². The summed E-state index contributed by atoms with van der Waals surface area (Å²) in [6, 6.07) is 1.18. The number of carbonyl (C=O) groups is 3. The molecule has 0 spiro atoms. The lowest BCUT2D eigenvalue weighted by molar-refractivity contribution is -0.171. The third-order valence-corrected chi connectivity index (χ3v) is 6.51. The van der Waals surface area contributed by atoms with Crippen LogP contribution in [0, 0.1) is 0 Å². The summed E-state index contributed by atoms with van der Waals surface area (Å²) >= 11 is 0.685. The zero-order chi connectivity index (χ0) is 26.0. The molecule has 188 valence electrons. The van der Waals surface area contributed by atoms with Crippen molar-refractivity contribution in [3.63, 3.8) is 0 Å². The minimum atomic E-state index is -4.85. The Morgan fingerprint density at radius 3 is 2.11 bits per heavy atom. The van der Waals surface area contributed by atoms with Crippen LogP contribution >= 0.6 is 23.5 Å². The van der Waals surface area contributed by atoms with E-state index < -0.39 is 68.4 Å². The Morgan fingerprint density at radius 2 is 1.57 bits per heavy atom. The third-order valence-electron chi connectivity index (χ3n) is 4.25. The standard InChI is InChI=1S/C18H12F6N4O5S2/c1-2-32-13(31)16(7-34-14-25-5-3-8(27-14)17(19,20)21)11(10(29)12(30)33-16)35-15-26-6-4-9(28-15)18(22,23)24/h3-6,11H,2,7H2,1H3. The van der Waals surface area contributed by atoms with Crippen LogP contribution in [0.5, 0.6) is 0 Å². The second-order valence-corrected chi connectivity index (χ2v) is 8.61. The van der Waals surface area contributed by atoms with Crippen molar-refractivity contribution in [2.75, 3.05) is 12.4 Å². The van der Waals surface area contributed by atoms with Crippen LogP contribution in [0.25, 0.3) is 0 Å². The maximum Gasteiger partial charge on any atom is 0.433 e. The largest absolute Gasteiger partial charge is 0.463 e. The first-order chi connectivity index (χ1) is 16.3. The predicted octanol–water partition coefficient (Wildman–Crippen LogP) is 2.99. The lowest BCUT2D eigenvalue weighted by Crippen LogP contribution is -2.51. The lowest BCUT2D eigenvalue weighted by atomic mass is 10.0. The van der Waals surface area contributed by atoms with E-state index in [-0.39, 0.29) is 18.4 Å². The lowest BCUT2D eigenvalue weighted by Gasteiger charge is -2.28. The van der Waals surface area contributed by atoms with E-state index >= 15 is 0 Å². The monoisotopic (exact) mass is 542 g/mol. The van der Waals surface area contributed by atoms with Gasteiger partial charge >= 0.3 is 24.3 Å². The van der Waals surface area contributed by atoms with Crippen molar-refractivity contribution >= 4 is 41.2 Å². The number of nitrogens with zero attached hydrogens (tertiary/aromatic N) is 4. The van der Waals surface area contributed by atoms with E-state index in [0.717, 1.165) is 12.4 Å². The summed E-state index contributed by atoms with van der Waals surface area (Å²) in [6.07, 6.45) is -8.08. The molecule has 0 radical (unpaired) electrons. The summed E-state index contributed by atoms with van der Waals surface area (Å²) < 4.78 is 87.8. The van der Waals surface area contributed by atoms with Gasteiger partial charge in [-0.2, -0.15) is 26.3 Å². The molecule has 0 aliphatic carbocycles. The van der Waals surface area contributed by atoms with Gasteiger partial charge in [0.2, 0.25) is 5.60 Å². The van der Waals surface area contributed by atoms with Gasteiger partial charge in [-0.1, -0.05) is 23.5 Å². The predicted molar refractivity (Wildman–Crippen MR) is 105 cm³/mol. The van der Waals surface area contributed by atoms with Crippen LogP contribution in [0.1, 0.15) is 18.3 Å². The molecule has 0 saturated carbocycles. The van der Waals surface area contributed by atoms with E-state index in [1.807, 2.05) is 0 Å². The van der Waals surface area contributed by atoms with Crippen molar-refractivity contribution in [1.29, 1.82) is 0 Å². The number of ether oxygens (including phenoxy) is 2. The number of thioether (sulfide) groups is 2. The Balaban J connectivity index is 1.97. The Hall–Kier alpha value is -2.95. The average Bonchev–Trinajstić information content (AvgIpc) is 3.02. The molecule has 0 aromatic carbocycles. The highest BCUT2D eigenvalue weighted by atomic mass is 32.2. The fourth-order valence-electron chi connectivity index (χ4n) is 2.70. The minimum absolute atomic E-state index is 0.242. The number of alkyl halides is 6. The highest BCUT2D eigenvalue weighted by Gasteiger charge is 2.62. The van der Waals surface area contributed by atoms with Crippen molar-refractivity contribution in [2.45, 2.75) is 40.4 Å². The Bertz CT molecular complexity index is 1150. The van der Waals surface area contributed by atoms with Crippen LogP contribution in [0.3, 0.4) is 0 Å². The van der Waals surface area contributed by atoms with E-state index in [1.165, 1.54) is 6.92 Å². The number of ketones is 1. The second-order valence-electron chi connectivity index (χ2n) is 6.59. The minimum Gasteiger partial charge on any atom is -0.463 e. The second kappa shape index (κ2) is 9.96. The molecule has 35 heavy (non-hydrogen) atoms. The molecule has 2 unspecified atom stereocenters. The van der Waals surface area contributed by atoms with Gasteiger partial charge in [0.25, 0.3) is 5.78 Å². The molecule has 2 aromatic rings. The van der Waals surface area contributed by atoms with E-state index in [4.69, 9.17) is 9.47 Å². The van der Waals surface area contributed by atoms with Gasteiger partial charge in [-0.05, 0) is 19.1 Å². The SMILES string of the molecule is CCOC(=O)C1(CSc2nccc(C(F)(F)F)n2)OC(=O)C(=O)C1Sc1nccc(C(F)(F)F)n1. The van der Waals surface area contributed by atoms with E-state index in [1.54, 1.807) is 0 Å². The summed E-state index contributed by atoms with van der Waals surface area (Å²) in [5.74, 6) is -4.73. The van der Waals surface area contributed by atoms with Crippen LogP contribution in [-0.4, -0.2) is 60.9 Å².